The van der Waals surface area contributed by atoms with Crippen molar-refractivity contribution >= 4 is 23.4 Å². The third kappa shape index (κ3) is 2.33. The fraction of sp³-hybridized carbons (Fsp3) is 0.250. The first-order chi connectivity index (χ1) is 6.97. The highest BCUT2D eigenvalue weighted by Crippen LogP contribution is 2.28. The number of methoxy groups -OCH3 is 1. The van der Waals surface area contributed by atoms with Gasteiger partial charge in [0.1, 0.15) is 16.5 Å². The second-order valence-electron chi connectivity index (χ2n) is 2.59. The summed E-state index contributed by atoms with van der Waals surface area (Å²) in [6.45, 7) is 0. The van der Waals surface area contributed by atoms with E-state index in [2.05, 4.69) is 9.72 Å². The van der Waals surface area contributed by atoms with Crippen LogP contribution in [0, 0.1) is 0 Å². The van der Waals surface area contributed by atoms with E-state index in [1.54, 1.807) is 0 Å². The molecule has 1 aromatic heterocycles. The molecular formula is C8H7ClF2N2O2. The van der Waals surface area contributed by atoms with Gasteiger partial charge in [-0.2, -0.15) is 0 Å². The smallest absolute Gasteiger partial charge is 0.341 e. The van der Waals surface area contributed by atoms with E-state index in [-0.39, 0.29) is 11.4 Å². The lowest BCUT2D eigenvalue weighted by molar-refractivity contribution is 0.0601. The van der Waals surface area contributed by atoms with Crippen LogP contribution in [0.3, 0.4) is 0 Å². The molecule has 0 unspecified atom stereocenters. The van der Waals surface area contributed by atoms with Gasteiger partial charge in [0.15, 0.2) is 0 Å². The third-order valence-electron chi connectivity index (χ3n) is 1.67. The van der Waals surface area contributed by atoms with Gasteiger partial charge < -0.3 is 10.5 Å². The Balaban J connectivity index is 3.29. The van der Waals surface area contributed by atoms with Crippen molar-refractivity contribution in [2.45, 2.75) is 6.43 Å². The molecule has 0 spiro atoms. The van der Waals surface area contributed by atoms with Crippen LogP contribution in [-0.2, 0) is 4.74 Å². The van der Waals surface area contributed by atoms with Gasteiger partial charge in [-0.25, -0.2) is 18.6 Å². The highest BCUT2D eigenvalue weighted by atomic mass is 35.5. The van der Waals surface area contributed by atoms with Crippen molar-refractivity contribution in [3.63, 3.8) is 0 Å². The van der Waals surface area contributed by atoms with Crippen molar-refractivity contribution in [3.05, 3.63) is 22.3 Å². The molecule has 2 N–H and O–H groups in total. The maximum Gasteiger partial charge on any atom is 0.341 e. The Labute approximate surface area is 89.0 Å². The molecule has 0 atom stereocenters. The summed E-state index contributed by atoms with van der Waals surface area (Å²) in [7, 11) is 1.11. The molecule has 1 heterocycles. The summed E-state index contributed by atoms with van der Waals surface area (Å²) in [5.41, 5.74) is 4.55. The van der Waals surface area contributed by atoms with Gasteiger partial charge in [-0.15, -0.1) is 0 Å². The number of hydrogen-bond donors (Lipinski definition) is 1. The molecule has 0 radical (unpaired) electrons. The molecule has 0 aliphatic carbocycles. The lowest BCUT2D eigenvalue weighted by atomic mass is 10.2. The highest BCUT2D eigenvalue weighted by Gasteiger charge is 2.20. The van der Waals surface area contributed by atoms with Gasteiger partial charge >= 0.3 is 5.97 Å². The molecule has 0 fully saturated rings. The average molecular weight is 237 g/mol. The zero-order valence-electron chi connectivity index (χ0n) is 7.63. The Bertz CT molecular complexity index is 398. The minimum absolute atomic E-state index is 0.225. The predicted molar refractivity (Wildman–Crippen MR) is 50.0 cm³/mol. The number of nitrogens with two attached hydrogens (primary N) is 1. The van der Waals surface area contributed by atoms with E-state index in [4.69, 9.17) is 17.3 Å². The topological polar surface area (TPSA) is 65.2 Å². The number of esters is 1. The second-order valence-corrected chi connectivity index (χ2v) is 2.95. The van der Waals surface area contributed by atoms with Gasteiger partial charge in [0.25, 0.3) is 6.43 Å². The predicted octanol–water partition coefficient (Wildman–Crippen LogP) is 2.04. The molecule has 0 amide bonds. The number of nitrogen functional groups attached to an aromatic ring is 1. The van der Waals surface area contributed by atoms with Crippen molar-refractivity contribution in [1.82, 2.24) is 4.98 Å². The second kappa shape index (κ2) is 4.39. The van der Waals surface area contributed by atoms with Gasteiger partial charge in [0.05, 0.1) is 12.7 Å². The zero-order valence-corrected chi connectivity index (χ0v) is 8.39. The van der Waals surface area contributed by atoms with Crippen molar-refractivity contribution < 1.29 is 18.3 Å². The van der Waals surface area contributed by atoms with Gasteiger partial charge in [0, 0.05) is 0 Å². The SMILES string of the molecule is COC(=O)c1cc(C(F)F)c(Cl)nc1N. The first-order valence-electron chi connectivity index (χ1n) is 3.79. The summed E-state index contributed by atoms with van der Waals surface area (Å²) in [4.78, 5) is 14.5. The van der Waals surface area contributed by atoms with Gasteiger partial charge in [-0.3, -0.25) is 0 Å². The number of carbonyl (C=O) groups excluding carboxylic acids is 1. The molecule has 82 valence electrons. The minimum atomic E-state index is -2.82. The molecule has 0 saturated heterocycles. The van der Waals surface area contributed by atoms with Crippen LogP contribution in [-0.4, -0.2) is 18.1 Å². The van der Waals surface area contributed by atoms with Crippen LogP contribution in [0.5, 0.6) is 0 Å². The van der Waals surface area contributed by atoms with Gasteiger partial charge in [-0.1, -0.05) is 11.6 Å². The number of alkyl halides is 2. The van der Waals surface area contributed by atoms with E-state index in [1.807, 2.05) is 0 Å². The lowest BCUT2D eigenvalue weighted by Crippen LogP contribution is -2.09. The van der Waals surface area contributed by atoms with Crippen molar-refractivity contribution in [1.29, 1.82) is 0 Å². The first kappa shape index (κ1) is 11.6. The van der Waals surface area contributed by atoms with Crippen LogP contribution in [0.4, 0.5) is 14.6 Å². The average Bonchev–Trinajstić information content (AvgIpc) is 2.16. The first-order valence-corrected chi connectivity index (χ1v) is 4.17. The summed E-state index contributed by atoms with van der Waals surface area (Å²) < 4.78 is 29.1. The van der Waals surface area contributed by atoms with E-state index in [0.29, 0.717) is 0 Å². The van der Waals surface area contributed by atoms with Crippen LogP contribution < -0.4 is 5.73 Å². The number of nitrogens with zero attached hydrogens (tertiary/aromatic N) is 1. The fourth-order valence-electron chi connectivity index (χ4n) is 0.946. The maximum absolute atomic E-state index is 12.4. The van der Waals surface area contributed by atoms with Gasteiger partial charge in [-0.05, 0) is 6.07 Å². The molecule has 7 heteroatoms. The number of anilines is 1. The van der Waals surface area contributed by atoms with E-state index in [0.717, 1.165) is 13.2 Å². The van der Waals surface area contributed by atoms with Crippen molar-refractivity contribution in [2.24, 2.45) is 0 Å². The number of pyridine rings is 1. The summed E-state index contributed by atoms with van der Waals surface area (Å²) in [6.07, 6.45) is -2.82. The Morgan fingerprint density at radius 2 is 2.27 bits per heavy atom. The lowest BCUT2D eigenvalue weighted by Gasteiger charge is -2.07. The molecule has 0 aromatic carbocycles. The largest absolute Gasteiger partial charge is 0.465 e. The van der Waals surface area contributed by atoms with Gasteiger partial charge in [0.2, 0.25) is 0 Å². The quantitative estimate of drug-likeness (QED) is 0.630. The number of hydrogen-bond acceptors (Lipinski definition) is 4. The Morgan fingerprint density at radius 3 is 2.73 bits per heavy atom. The monoisotopic (exact) mass is 236 g/mol. The molecule has 0 aliphatic rings. The number of rotatable bonds is 2. The Kier molecular flexibility index (Phi) is 3.41. The standard InChI is InChI=1S/C8H7ClF2N2O2/c1-15-8(14)4-2-3(6(10)11)5(9)13-7(4)12/h2,6H,1H3,(H2,12,13). The summed E-state index contributed by atoms with van der Waals surface area (Å²) >= 11 is 5.42. The fourth-order valence-corrected chi connectivity index (χ4v) is 1.17. The van der Waals surface area contributed by atoms with E-state index >= 15 is 0 Å². The minimum Gasteiger partial charge on any atom is -0.465 e. The van der Waals surface area contributed by atoms with E-state index in [1.165, 1.54) is 0 Å². The molecular weight excluding hydrogens is 230 g/mol. The third-order valence-corrected chi connectivity index (χ3v) is 1.98. The number of halogens is 3. The molecule has 1 rings (SSSR count). The summed E-state index contributed by atoms with van der Waals surface area (Å²) in [5, 5.41) is -0.421. The van der Waals surface area contributed by atoms with Crippen LogP contribution in [0.1, 0.15) is 22.3 Å². The zero-order chi connectivity index (χ0) is 11.6. The number of ether oxygens (including phenoxy) is 1. The maximum atomic E-state index is 12.4. The normalized spacial score (nSPS) is 10.5. The molecule has 0 bridgehead atoms. The van der Waals surface area contributed by atoms with Crippen molar-refractivity contribution in [2.75, 3.05) is 12.8 Å². The molecule has 1 aromatic rings. The van der Waals surface area contributed by atoms with Crippen LogP contribution in [0.25, 0.3) is 0 Å². The molecule has 15 heavy (non-hydrogen) atoms. The van der Waals surface area contributed by atoms with E-state index < -0.39 is 23.1 Å². The number of carbonyl (C=O) groups is 1. The van der Waals surface area contributed by atoms with Crippen LogP contribution >= 0.6 is 11.6 Å². The number of aromatic nitrogens is 1. The van der Waals surface area contributed by atoms with Crippen molar-refractivity contribution in [3.8, 4) is 0 Å². The summed E-state index contributed by atoms with van der Waals surface area (Å²) in [6, 6.07) is 0.876. The summed E-state index contributed by atoms with van der Waals surface area (Å²) in [5.74, 6) is -1.07. The Hall–Kier alpha value is -1.43. The Morgan fingerprint density at radius 1 is 1.67 bits per heavy atom. The molecule has 0 saturated carbocycles. The molecule has 0 aliphatic heterocycles. The highest BCUT2D eigenvalue weighted by molar-refractivity contribution is 6.30. The van der Waals surface area contributed by atoms with Crippen LogP contribution in [0.15, 0.2) is 6.07 Å². The van der Waals surface area contributed by atoms with Crippen LogP contribution in [0.2, 0.25) is 5.15 Å². The van der Waals surface area contributed by atoms with E-state index in [9.17, 15) is 13.6 Å². The molecule has 4 nitrogen and oxygen atoms in total.